The molecule has 0 aliphatic carbocycles. The molecule has 3 aromatic carbocycles. The predicted molar refractivity (Wildman–Crippen MR) is 114 cm³/mol. The molecule has 0 aliphatic rings. The molecule has 0 fully saturated rings. The molecular weight excluding hydrogens is 434 g/mol. The molecule has 0 radical (unpaired) electrons. The molecule has 1 atom stereocenters. The summed E-state index contributed by atoms with van der Waals surface area (Å²) in [6.07, 6.45) is -1.15. The van der Waals surface area contributed by atoms with E-state index in [1.165, 1.54) is 6.92 Å². The lowest BCUT2D eigenvalue weighted by Crippen LogP contribution is -2.26. The van der Waals surface area contributed by atoms with E-state index in [0.717, 1.165) is 4.47 Å². The van der Waals surface area contributed by atoms with Gasteiger partial charge in [0.1, 0.15) is 0 Å². The van der Waals surface area contributed by atoms with Gasteiger partial charge in [0.15, 0.2) is 5.78 Å². The largest absolute Gasteiger partial charge is 0.444 e. The number of anilines is 1. The van der Waals surface area contributed by atoms with E-state index in [1.54, 1.807) is 72.8 Å². The van der Waals surface area contributed by atoms with Crippen LogP contribution in [0.2, 0.25) is 0 Å². The van der Waals surface area contributed by atoms with Crippen LogP contribution in [0.5, 0.6) is 0 Å². The lowest BCUT2D eigenvalue weighted by atomic mass is 10.1. The molecule has 1 N–H and O–H groups in total. The summed E-state index contributed by atoms with van der Waals surface area (Å²) in [5.41, 5.74) is 1.80. The van der Waals surface area contributed by atoms with Gasteiger partial charge in [-0.1, -0.05) is 58.4 Å². The van der Waals surface area contributed by atoms with Crippen LogP contribution in [0.15, 0.2) is 83.3 Å². The Labute approximate surface area is 176 Å². The summed E-state index contributed by atoms with van der Waals surface area (Å²) in [5, 5.41) is 2.73. The summed E-state index contributed by atoms with van der Waals surface area (Å²) in [6, 6.07) is 22.0. The third-order valence-corrected chi connectivity index (χ3v) is 4.71. The molecule has 3 aromatic rings. The second kappa shape index (κ2) is 9.30. The van der Waals surface area contributed by atoms with Gasteiger partial charge in [-0.25, -0.2) is 4.79 Å². The van der Waals surface area contributed by atoms with Gasteiger partial charge >= 0.3 is 5.97 Å². The van der Waals surface area contributed by atoms with E-state index in [9.17, 15) is 14.4 Å². The predicted octanol–water partition coefficient (Wildman–Crippen LogP) is 5.19. The van der Waals surface area contributed by atoms with Crippen LogP contribution in [0.3, 0.4) is 0 Å². The van der Waals surface area contributed by atoms with Crippen LogP contribution in [0.25, 0.3) is 0 Å². The van der Waals surface area contributed by atoms with Gasteiger partial charge in [-0.3, -0.25) is 9.59 Å². The second-order valence-corrected chi connectivity index (χ2v) is 7.24. The van der Waals surface area contributed by atoms with Crippen molar-refractivity contribution in [3.63, 3.8) is 0 Å². The number of carbonyl (C=O) groups is 3. The molecule has 0 aromatic heterocycles. The van der Waals surface area contributed by atoms with Crippen LogP contribution in [0.4, 0.5) is 5.69 Å². The first-order valence-electron chi connectivity index (χ1n) is 8.87. The van der Waals surface area contributed by atoms with Crippen LogP contribution in [0.1, 0.15) is 39.3 Å². The molecule has 0 saturated carbocycles. The summed E-state index contributed by atoms with van der Waals surface area (Å²) in [6.45, 7) is 1.45. The molecule has 6 heteroatoms. The highest BCUT2D eigenvalue weighted by Gasteiger charge is 2.26. The van der Waals surface area contributed by atoms with E-state index in [2.05, 4.69) is 21.2 Å². The first kappa shape index (κ1) is 20.5. The van der Waals surface area contributed by atoms with Gasteiger partial charge in [0.2, 0.25) is 6.10 Å². The molecule has 29 heavy (non-hydrogen) atoms. The van der Waals surface area contributed by atoms with E-state index >= 15 is 0 Å². The van der Waals surface area contributed by atoms with Gasteiger partial charge in [0.05, 0.1) is 5.56 Å². The maximum Gasteiger partial charge on any atom is 0.339 e. The van der Waals surface area contributed by atoms with Crippen LogP contribution in [0, 0.1) is 0 Å². The third-order valence-electron chi connectivity index (χ3n) is 4.18. The Morgan fingerprint density at radius 3 is 2.21 bits per heavy atom. The van der Waals surface area contributed by atoms with E-state index in [4.69, 9.17) is 4.74 Å². The highest BCUT2D eigenvalue weighted by molar-refractivity contribution is 9.10. The van der Waals surface area contributed by atoms with E-state index < -0.39 is 18.0 Å². The summed E-state index contributed by atoms with van der Waals surface area (Å²) < 4.78 is 6.37. The maximum atomic E-state index is 12.9. The van der Waals surface area contributed by atoms with Crippen molar-refractivity contribution < 1.29 is 19.1 Å². The molecule has 5 nitrogen and oxygen atoms in total. The molecule has 146 valence electrons. The Bertz CT molecular complexity index is 1030. The number of halogens is 1. The lowest BCUT2D eigenvalue weighted by molar-refractivity contribution is -0.125. The van der Waals surface area contributed by atoms with Crippen molar-refractivity contribution in [3.8, 4) is 0 Å². The average molecular weight is 452 g/mol. The number of nitrogens with one attached hydrogen (secondary N) is 1. The molecule has 0 unspecified atom stereocenters. The number of hydrogen-bond donors (Lipinski definition) is 1. The zero-order valence-electron chi connectivity index (χ0n) is 15.6. The highest BCUT2D eigenvalue weighted by Crippen LogP contribution is 2.23. The number of ether oxygens (including phenoxy) is 1. The molecule has 0 saturated heterocycles. The highest BCUT2D eigenvalue weighted by atomic mass is 79.9. The Kier molecular flexibility index (Phi) is 6.57. The summed E-state index contributed by atoms with van der Waals surface area (Å²) in [5.74, 6) is -1.23. The van der Waals surface area contributed by atoms with Crippen LogP contribution >= 0.6 is 15.9 Å². The van der Waals surface area contributed by atoms with Gasteiger partial charge < -0.3 is 10.1 Å². The smallest absolute Gasteiger partial charge is 0.339 e. The molecule has 0 heterocycles. The van der Waals surface area contributed by atoms with Crippen molar-refractivity contribution in [1.29, 1.82) is 0 Å². The van der Waals surface area contributed by atoms with Crippen molar-refractivity contribution >= 4 is 39.3 Å². The average Bonchev–Trinajstić information content (AvgIpc) is 2.73. The van der Waals surface area contributed by atoms with Gasteiger partial charge in [-0.05, 0) is 43.3 Å². The molecule has 1 amide bonds. The van der Waals surface area contributed by atoms with E-state index in [-0.39, 0.29) is 5.78 Å². The van der Waals surface area contributed by atoms with Gasteiger partial charge in [0.25, 0.3) is 5.91 Å². The summed E-state index contributed by atoms with van der Waals surface area (Å²) in [4.78, 5) is 37.1. The first-order chi connectivity index (χ1) is 13.9. The number of hydrogen-bond acceptors (Lipinski definition) is 4. The lowest BCUT2D eigenvalue weighted by Gasteiger charge is -2.18. The number of carbonyl (C=O) groups excluding carboxylic acids is 3. The number of benzene rings is 3. The Morgan fingerprint density at radius 2 is 1.55 bits per heavy atom. The van der Waals surface area contributed by atoms with Crippen molar-refractivity contribution in [2.24, 2.45) is 0 Å². The van der Waals surface area contributed by atoms with Crippen molar-refractivity contribution in [3.05, 3.63) is 100 Å². The van der Waals surface area contributed by atoms with Gasteiger partial charge in [-0.15, -0.1) is 0 Å². The maximum absolute atomic E-state index is 12.9. The SMILES string of the molecule is CC(=O)c1cccc(NC(=O)[C@H](OC(=O)c2ccc(Br)cc2)c2ccccc2)c1. The monoisotopic (exact) mass is 451 g/mol. The van der Waals surface area contributed by atoms with E-state index in [1.807, 2.05) is 6.07 Å². The summed E-state index contributed by atoms with van der Waals surface area (Å²) >= 11 is 3.32. The molecule has 0 aliphatic heterocycles. The number of amides is 1. The Morgan fingerprint density at radius 1 is 0.862 bits per heavy atom. The van der Waals surface area contributed by atoms with Crippen LogP contribution in [-0.2, 0) is 9.53 Å². The zero-order valence-corrected chi connectivity index (χ0v) is 17.2. The van der Waals surface area contributed by atoms with Crippen LogP contribution in [-0.4, -0.2) is 17.7 Å². The summed E-state index contributed by atoms with van der Waals surface area (Å²) in [7, 11) is 0. The normalized spacial score (nSPS) is 11.4. The van der Waals surface area contributed by atoms with Gasteiger partial charge in [-0.2, -0.15) is 0 Å². The zero-order chi connectivity index (χ0) is 20.8. The molecule has 0 bridgehead atoms. The fourth-order valence-electron chi connectivity index (χ4n) is 2.69. The molecular formula is C23H18BrNO4. The fourth-order valence-corrected chi connectivity index (χ4v) is 2.95. The van der Waals surface area contributed by atoms with Crippen molar-refractivity contribution in [2.75, 3.05) is 5.32 Å². The topological polar surface area (TPSA) is 72.5 Å². The minimum Gasteiger partial charge on any atom is -0.444 e. The third kappa shape index (κ3) is 5.39. The number of esters is 1. The number of ketones is 1. The van der Waals surface area contributed by atoms with Crippen LogP contribution < -0.4 is 5.32 Å². The number of rotatable bonds is 6. The number of Topliss-reactive ketones (excluding diaryl/α,β-unsaturated/α-hetero) is 1. The van der Waals surface area contributed by atoms with E-state index in [0.29, 0.717) is 22.4 Å². The second-order valence-electron chi connectivity index (χ2n) is 6.33. The minimum absolute atomic E-state index is 0.109. The fraction of sp³-hybridized carbons (Fsp3) is 0.0870. The Hall–Kier alpha value is -3.25. The van der Waals surface area contributed by atoms with Gasteiger partial charge in [0, 0.05) is 21.3 Å². The van der Waals surface area contributed by atoms with Crippen molar-refractivity contribution in [2.45, 2.75) is 13.0 Å². The standard InChI is InChI=1S/C23H18BrNO4/c1-15(26)18-8-5-9-20(14-18)25-22(27)21(16-6-3-2-4-7-16)29-23(28)17-10-12-19(24)13-11-17/h2-14,21H,1H3,(H,25,27)/t21-/m1/s1. The quantitative estimate of drug-likeness (QED) is 0.413. The molecule has 0 spiro atoms. The minimum atomic E-state index is -1.15. The Balaban J connectivity index is 1.84. The molecule has 3 rings (SSSR count). The first-order valence-corrected chi connectivity index (χ1v) is 9.66. The van der Waals surface area contributed by atoms with Crippen molar-refractivity contribution in [1.82, 2.24) is 0 Å².